The van der Waals surface area contributed by atoms with Gasteiger partial charge in [-0.15, -0.1) is 0 Å². The van der Waals surface area contributed by atoms with Gasteiger partial charge in [-0.1, -0.05) is 71.8 Å². The summed E-state index contributed by atoms with van der Waals surface area (Å²) in [5.41, 5.74) is 6.95. The number of para-hydroxylation sites is 2. The van der Waals surface area contributed by atoms with Crippen LogP contribution in [0, 0.1) is 19.3 Å². The Hall–Kier alpha value is -3.64. The van der Waals surface area contributed by atoms with Crippen molar-refractivity contribution in [3.8, 4) is 0 Å². The number of amides is 1. The Kier molecular flexibility index (Phi) is 6.98. The Labute approximate surface area is 200 Å². The van der Waals surface area contributed by atoms with E-state index >= 15 is 0 Å². The maximum atomic E-state index is 11.9. The Bertz CT molecular complexity index is 1330. The third-order valence-corrected chi connectivity index (χ3v) is 6.44. The van der Waals surface area contributed by atoms with Gasteiger partial charge in [-0.25, -0.2) is 0 Å². The average Bonchev–Trinajstić information content (AvgIpc) is 3.14. The van der Waals surface area contributed by atoms with Crippen molar-refractivity contribution in [1.29, 1.82) is 5.41 Å². The summed E-state index contributed by atoms with van der Waals surface area (Å²) >= 11 is 0. The first-order valence-corrected chi connectivity index (χ1v) is 11.6. The number of carbonyl (C=O) groups is 1. The number of aryl methyl sites for hydroxylation is 2. The molecular formula is C28H32N4O2. The summed E-state index contributed by atoms with van der Waals surface area (Å²) in [6.07, 6.45) is 0.648. The molecule has 6 heteroatoms. The molecule has 0 aliphatic rings. The van der Waals surface area contributed by atoms with Crippen LogP contribution in [-0.2, 0) is 11.2 Å². The number of hydrogen-bond acceptors (Lipinski definition) is 3. The zero-order valence-corrected chi connectivity index (χ0v) is 20.0. The minimum absolute atomic E-state index is 0.0358. The topological polar surface area (TPSA) is 83.0 Å². The smallest absolute Gasteiger partial charge is 0.245 e. The van der Waals surface area contributed by atoms with Gasteiger partial charge in [0.25, 0.3) is 0 Å². The van der Waals surface area contributed by atoms with Gasteiger partial charge in [0.15, 0.2) is 0 Å². The van der Waals surface area contributed by atoms with Crippen molar-refractivity contribution in [3.05, 3.63) is 101 Å². The van der Waals surface area contributed by atoms with E-state index in [1.54, 1.807) is 0 Å². The molecular weight excluding hydrogens is 424 g/mol. The van der Waals surface area contributed by atoms with Crippen LogP contribution in [0.4, 0.5) is 0 Å². The molecule has 0 bridgehead atoms. The molecule has 3 N–H and O–H groups in total. The summed E-state index contributed by atoms with van der Waals surface area (Å²) in [4.78, 5) is 11.9. The SMILES string of the molecule is Cc1ccc(C[C@@H](CNC(=O)CO)n2c(=N)n(C(C)c3ccc(C)cc3)c3ccccc32)cc1. The van der Waals surface area contributed by atoms with Gasteiger partial charge < -0.3 is 19.6 Å². The van der Waals surface area contributed by atoms with E-state index in [-0.39, 0.29) is 12.1 Å². The van der Waals surface area contributed by atoms with Crippen molar-refractivity contribution in [2.45, 2.75) is 39.3 Å². The lowest BCUT2D eigenvalue weighted by atomic mass is 10.0. The van der Waals surface area contributed by atoms with Crippen molar-refractivity contribution >= 4 is 16.9 Å². The molecule has 2 atom stereocenters. The third-order valence-electron chi connectivity index (χ3n) is 6.44. The van der Waals surface area contributed by atoms with E-state index in [0.717, 1.165) is 22.2 Å². The molecule has 0 fully saturated rings. The highest BCUT2D eigenvalue weighted by molar-refractivity contribution is 5.77. The van der Waals surface area contributed by atoms with Crippen molar-refractivity contribution in [2.75, 3.05) is 13.2 Å². The zero-order valence-electron chi connectivity index (χ0n) is 20.0. The van der Waals surface area contributed by atoms with Crippen molar-refractivity contribution in [3.63, 3.8) is 0 Å². The predicted molar refractivity (Wildman–Crippen MR) is 135 cm³/mol. The van der Waals surface area contributed by atoms with E-state index in [9.17, 15) is 15.3 Å². The van der Waals surface area contributed by atoms with Crippen molar-refractivity contribution < 1.29 is 9.90 Å². The van der Waals surface area contributed by atoms with Crippen LogP contribution in [-0.4, -0.2) is 33.3 Å². The quantitative estimate of drug-likeness (QED) is 0.374. The molecule has 6 nitrogen and oxygen atoms in total. The molecule has 176 valence electrons. The van der Waals surface area contributed by atoms with Crippen LogP contribution in [0.3, 0.4) is 0 Å². The molecule has 0 spiro atoms. The number of fused-ring (bicyclic) bond motifs is 1. The summed E-state index contributed by atoms with van der Waals surface area (Å²) in [5.74, 6) is -0.419. The fourth-order valence-corrected chi connectivity index (χ4v) is 4.51. The van der Waals surface area contributed by atoms with Crippen molar-refractivity contribution in [1.82, 2.24) is 14.5 Å². The predicted octanol–water partition coefficient (Wildman–Crippen LogP) is 4.04. The minimum Gasteiger partial charge on any atom is -0.387 e. The first-order valence-electron chi connectivity index (χ1n) is 11.6. The van der Waals surface area contributed by atoms with Crippen molar-refractivity contribution in [2.24, 2.45) is 0 Å². The highest BCUT2D eigenvalue weighted by Crippen LogP contribution is 2.26. The van der Waals surface area contributed by atoms with Crippen LogP contribution in [0.25, 0.3) is 11.0 Å². The van der Waals surface area contributed by atoms with Gasteiger partial charge in [0.05, 0.1) is 23.1 Å². The average molecular weight is 457 g/mol. The number of aliphatic hydroxyl groups is 1. The second-order valence-corrected chi connectivity index (χ2v) is 8.94. The number of nitrogens with zero attached hydrogens (tertiary/aromatic N) is 2. The molecule has 0 saturated heterocycles. The van der Waals surface area contributed by atoms with Crippen LogP contribution >= 0.6 is 0 Å². The van der Waals surface area contributed by atoms with E-state index < -0.39 is 12.5 Å². The molecule has 1 heterocycles. The number of carbonyl (C=O) groups excluding carboxylic acids is 1. The molecule has 0 aliphatic heterocycles. The highest BCUT2D eigenvalue weighted by atomic mass is 16.3. The number of aliphatic hydroxyl groups excluding tert-OH is 1. The highest BCUT2D eigenvalue weighted by Gasteiger charge is 2.22. The lowest BCUT2D eigenvalue weighted by Crippen LogP contribution is -2.38. The monoisotopic (exact) mass is 456 g/mol. The van der Waals surface area contributed by atoms with Gasteiger partial charge in [0, 0.05) is 6.54 Å². The third kappa shape index (κ3) is 4.82. The second-order valence-electron chi connectivity index (χ2n) is 8.94. The molecule has 34 heavy (non-hydrogen) atoms. The largest absolute Gasteiger partial charge is 0.387 e. The molecule has 0 radical (unpaired) electrons. The lowest BCUT2D eigenvalue weighted by molar-refractivity contribution is -0.123. The van der Waals surface area contributed by atoms with Crippen LogP contribution in [0.2, 0.25) is 0 Å². The van der Waals surface area contributed by atoms with E-state index in [2.05, 4.69) is 79.2 Å². The second kappa shape index (κ2) is 10.1. The molecule has 0 saturated carbocycles. The normalized spacial score (nSPS) is 13.1. The Morgan fingerprint density at radius 2 is 1.47 bits per heavy atom. The standard InChI is InChI=1S/C28H32N4O2/c1-19-8-12-22(13-9-19)16-24(17-30-27(34)18-33)32-26-7-5-4-6-25(26)31(28(32)29)21(3)23-14-10-20(2)11-15-23/h4-15,21,24,29,33H,16-18H2,1-3H3,(H,30,34)/t21?,24-/m0/s1. The summed E-state index contributed by atoms with van der Waals surface area (Å²) in [7, 11) is 0. The molecule has 1 unspecified atom stereocenters. The van der Waals surface area contributed by atoms with Crippen LogP contribution in [0.15, 0.2) is 72.8 Å². The number of rotatable bonds is 8. The molecule has 3 aromatic carbocycles. The number of benzene rings is 3. The van der Waals surface area contributed by atoms with E-state index in [1.807, 2.05) is 28.8 Å². The van der Waals surface area contributed by atoms with E-state index in [0.29, 0.717) is 18.6 Å². The van der Waals surface area contributed by atoms with Gasteiger partial charge in [-0.3, -0.25) is 10.2 Å². The fourth-order valence-electron chi connectivity index (χ4n) is 4.51. The Balaban J connectivity index is 1.82. The zero-order chi connectivity index (χ0) is 24.2. The first kappa shape index (κ1) is 23.5. The number of imidazole rings is 1. The molecule has 1 aromatic heterocycles. The minimum atomic E-state index is -0.554. The number of hydrogen-bond donors (Lipinski definition) is 3. The van der Waals surface area contributed by atoms with Crippen LogP contribution in [0.1, 0.15) is 41.3 Å². The fraction of sp³-hybridized carbons (Fsp3) is 0.286. The maximum Gasteiger partial charge on any atom is 0.245 e. The first-order chi connectivity index (χ1) is 16.4. The number of aromatic nitrogens is 2. The summed E-state index contributed by atoms with van der Waals surface area (Å²) in [6.45, 7) is 6.00. The van der Waals surface area contributed by atoms with E-state index in [4.69, 9.17) is 0 Å². The Morgan fingerprint density at radius 1 is 0.912 bits per heavy atom. The van der Waals surface area contributed by atoms with Gasteiger partial charge in [0.1, 0.15) is 6.61 Å². The lowest BCUT2D eigenvalue weighted by Gasteiger charge is -2.21. The maximum absolute atomic E-state index is 11.9. The van der Waals surface area contributed by atoms with Gasteiger partial charge in [0.2, 0.25) is 11.5 Å². The Morgan fingerprint density at radius 3 is 2.06 bits per heavy atom. The van der Waals surface area contributed by atoms with Gasteiger partial charge in [-0.05, 0) is 50.5 Å². The molecule has 0 aliphatic carbocycles. The van der Waals surface area contributed by atoms with Gasteiger partial charge >= 0.3 is 0 Å². The summed E-state index contributed by atoms with van der Waals surface area (Å²) in [6, 6.07) is 24.6. The van der Waals surface area contributed by atoms with Crippen LogP contribution in [0.5, 0.6) is 0 Å². The van der Waals surface area contributed by atoms with E-state index in [1.165, 1.54) is 11.1 Å². The van der Waals surface area contributed by atoms with Gasteiger partial charge in [-0.2, -0.15) is 0 Å². The molecule has 4 aromatic rings. The van der Waals surface area contributed by atoms with Crippen LogP contribution < -0.4 is 10.9 Å². The molecule has 1 amide bonds. The summed E-state index contributed by atoms with van der Waals surface area (Å²) < 4.78 is 4.06. The number of nitrogens with one attached hydrogen (secondary N) is 2. The summed E-state index contributed by atoms with van der Waals surface area (Å²) in [5, 5.41) is 21.3. The molecule has 4 rings (SSSR count).